The predicted molar refractivity (Wildman–Crippen MR) is 93.1 cm³/mol. The summed E-state index contributed by atoms with van der Waals surface area (Å²) in [6.07, 6.45) is 4.18. The van der Waals surface area contributed by atoms with Crippen molar-refractivity contribution < 1.29 is 4.52 Å². The van der Waals surface area contributed by atoms with E-state index in [9.17, 15) is 4.79 Å². The van der Waals surface area contributed by atoms with E-state index in [4.69, 9.17) is 9.51 Å². The Hall–Kier alpha value is -2.44. The van der Waals surface area contributed by atoms with Gasteiger partial charge in [-0.1, -0.05) is 19.0 Å². The highest BCUT2D eigenvalue weighted by Gasteiger charge is 2.23. The van der Waals surface area contributed by atoms with Gasteiger partial charge in [0.2, 0.25) is 0 Å². The lowest BCUT2D eigenvalue weighted by molar-refractivity contribution is 0.391. The third-order valence-corrected chi connectivity index (χ3v) is 5.03. The van der Waals surface area contributed by atoms with Crippen LogP contribution in [0.5, 0.6) is 0 Å². The van der Waals surface area contributed by atoms with Gasteiger partial charge in [0.1, 0.15) is 11.6 Å². The topological polar surface area (TPSA) is 78.2 Å². The summed E-state index contributed by atoms with van der Waals surface area (Å²) in [7, 11) is 0. The number of aromatic nitrogens is 5. The quantitative estimate of drug-likeness (QED) is 0.731. The van der Waals surface area contributed by atoms with Gasteiger partial charge in [-0.15, -0.1) is 5.10 Å². The van der Waals surface area contributed by atoms with E-state index < -0.39 is 0 Å². The van der Waals surface area contributed by atoms with Gasteiger partial charge in [-0.3, -0.25) is 0 Å². The molecule has 1 aliphatic carbocycles. The summed E-state index contributed by atoms with van der Waals surface area (Å²) in [6.45, 7) is 8.24. The Bertz CT molecular complexity index is 989. The lowest BCUT2D eigenvalue weighted by atomic mass is 9.96. The van der Waals surface area contributed by atoms with Gasteiger partial charge >= 0.3 is 5.69 Å². The van der Waals surface area contributed by atoms with Crippen LogP contribution in [0.15, 0.2) is 9.32 Å². The molecular formula is C18H23N5O2. The molecule has 1 aliphatic rings. The van der Waals surface area contributed by atoms with Gasteiger partial charge in [0.15, 0.2) is 5.65 Å². The summed E-state index contributed by atoms with van der Waals surface area (Å²) < 4.78 is 8.44. The van der Waals surface area contributed by atoms with Gasteiger partial charge in [-0.2, -0.15) is 0 Å². The fraction of sp³-hybridized carbons (Fsp3) is 0.556. The Morgan fingerprint density at radius 3 is 2.64 bits per heavy atom. The highest BCUT2D eigenvalue weighted by Crippen LogP contribution is 2.25. The molecular weight excluding hydrogens is 318 g/mol. The summed E-state index contributed by atoms with van der Waals surface area (Å²) in [6, 6.07) is 0. The van der Waals surface area contributed by atoms with Crippen LogP contribution in [0.3, 0.4) is 0 Å². The third kappa shape index (κ3) is 2.49. The number of fused-ring (bicyclic) bond motifs is 3. The molecule has 4 rings (SSSR count). The number of aryl methyl sites for hydroxylation is 4. The van der Waals surface area contributed by atoms with Gasteiger partial charge < -0.3 is 4.52 Å². The average molecular weight is 341 g/mol. The number of rotatable bonds is 3. The second-order valence-electron chi connectivity index (χ2n) is 7.16. The van der Waals surface area contributed by atoms with Crippen LogP contribution in [-0.2, 0) is 19.4 Å². The first-order valence-corrected chi connectivity index (χ1v) is 8.90. The largest absolute Gasteiger partial charge is 0.361 e. The molecule has 0 saturated carbocycles. The SMILES string of the molecule is Cc1noc(C)c1Cn1nc2c3c(nc(C(C)C)n2c1=O)CCCC3. The van der Waals surface area contributed by atoms with Gasteiger partial charge in [0.05, 0.1) is 12.2 Å². The van der Waals surface area contributed by atoms with E-state index in [1.54, 1.807) is 4.40 Å². The van der Waals surface area contributed by atoms with Crippen molar-refractivity contribution in [1.82, 2.24) is 24.3 Å². The zero-order chi connectivity index (χ0) is 17.7. The summed E-state index contributed by atoms with van der Waals surface area (Å²) in [5, 5.41) is 8.66. The molecule has 7 heteroatoms. The number of hydrogen-bond acceptors (Lipinski definition) is 5. The maximum atomic E-state index is 13.1. The van der Waals surface area contributed by atoms with Crippen molar-refractivity contribution >= 4 is 5.65 Å². The predicted octanol–water partition coefficient (Wildman–Crippen LogP) is 2.55. The molecule has 3 heterocycles. The van der Waals surface area contributed by atoms with Gasteiger partial charge in [0, 0.05) is 22.7 Å². The molecule has 7 nitrogen and oxygen atoms in total. The maximum Gasteiger partial charge on any atom is 0.352 e. The fourth-order valence-corrected chi connectivity index (χ4v) is 3.62. The zero-order valence-electron chi connectivity index (χ0n) is 15.2. The first-order chi connectivity index (χ1) is 12.0. The molecule has 0 unspecified atom stereocenters. The normalized spacial score (nSPS) is 14.4. The third-order valence-electron chi connectivity index (χ3n) is 5.03. The lowest BCUT2D eigenvalue weighted by Gasteiger charge is -2.18. The molecule has 0 N–H and O–H groups in total. The highest BCUT2D eigenvalue weighted by atomic mass is 16.5. The Kier molecular flexibility index (Phi) is 3.74. The van der Waals surface area contributed by atoms with Crippen molar-refractivity contribution in [2.75, 3.05) is 0 Å². The fourth-order valence-electron chi connectivity index (χ4n) is 3.62. The first-order valence-electron chi connectivity index (χ1n) is 8.90. The van der Waals surface area contributed by atoms with Crippen LogP contribution in [0.4, 0.5) is 0 Å². The van der Waals surface area contributed by atoms with Crippen LogP contribution in [0, 0.1) is 13.8 Å². The van der Waals surface area contributed by atoms with Crippen molar-refractivity contribution in [3.63, 3.8) is 0 Å². The van der Waals surface area contributed by atoms with E-state index in [1.807, 2.05) is 13.8 Å². The van der Waals surface area contributed by atoms with Crippen LogP contribution in [0.2, 0.25) is 0 Å². The number of hydrogen-bond donors (Lipinski definition) is 0. The Labute approximate surface area is 145 Å². The molecule has 3 aromatic rings. The highest BCUT2D eigenvalue weighted by molar-refractivity contribution is 5.51. The van der Waals surface area contributed by atoms with Crippen molar-refractivity contribution in [1.29, 1.82) is 0 Å². The molecule has 0 bridgehead atoms. The maximum absolute atomic E-state index is 13.1. The van der Waals surface area contributed by atoms with Crippen molar-refractivity contribution in [2.45, 2.75) is 65.8 Å². The van der Waals surface area contributed by atoms with Crippen LogP contribution in [0.25, 0.3) is 5.65 Å². The Morgan fingerprint density at radius 2 is 1.96 bits per heavy atom. The zero-order valence-corrected chi connectivity index (χ0v) is 15.2. The van der Waals surface area contributed by atoms with E-state index in [2.05, 4.69) is 24.1 Å². The van der Waals surface area contributed by atoms with E-state index in [0.29, 0.717) is 6.54 Å². The molecule has 0 amide bonds. The average Bonchev–Trinajstić information content (AvgIpc) is 3.09. The molecule has 0 atom stereocenters. The van der Waals surface area contributed by atoms with Crippen LogP contribution >= 0.6 is 0 Å². The van der Waals surface area contributed by atoms with Gasteiger partial charge in [0.25, 0.3) is 0 Å². The number of nitrogens with zero attached hydrogens (tertiary/aromatic N) is 5. The van der Waals surface area contributed by atoms with E-state index in [-0.39, 0.29) is 11.6 Å². The molecule has 0 aliphatic heterocycles. The van der Waals surface area contributed by atoms with Crippen molar-refractivity contribution in [3.05, 3.63) is 44.6 Å². The van der Waals surface area contributed by atoms with E-state index in [1.165, 1.54) is 4.68 Å². The Balaban J connectivity index is 1.94. The molecule has 0 aromatic carbocycles. The molecule has 0 fully saturated rings. The second kappa shape index (κ2) is 5.82. The van der Waals surface area contributed by atoms with E-state index in [0.717, 1.165) is 65.4 Å². The molecule has 0 radical (unpaired) electrons. The van der Waals surface area contributed by atoms with Crippen LogP contribution in [0.1, 0.15) is 66.7 Å². The lowest BCUT2D eigenvalue weighted by Crippen LogP contribution is -2.25. The standard InChI is InChI=1S/C18H23N5O2/c1-10(2)16-19-15-8-6-5-7-13(15)17-20-22(18(24)23(16)17)9-14-11(3)21-25-12(14)4/h10H,5-9H2,1-4H3. The van der Waals surface area contributed by atoms with Crippen molar-refractivity contribution in [3.8, 4) is 0 Å². The van der Waals surface area contributed by atoms with Crippen molar-refractivity contribution in [2.24, 2.45) is 0 Å². The smallest absolute Gasteiger partial charge is 0.352 e. The summed E-state index contributed by atoms with van der Waals surface area (Å²) in [4.78, 5) is 17.9. The summed E-state index contributed by atoms with van der Waals surface area (Å²) in [5.74, 6) is 1.68. The minimum absolute atomic E-state index is 0.139. The van der Waals surface area contributed by atoms with Crippen LogP contribution < -0.4 is 5.69 Å². The van der Waals surface area contributed by atoms with Gasteiger partial charge in [-0.05, 0) is 39.5 Å². The minimum atomic E-state index is -0.139. The summed E-state index contributed by atoms with van der Waals surface area (Å²) in [5.41, 5.74) is 4.58. The minimum Gasteiger partial charge on any atom is -0.361 e. The van der Waals surface area contributed by atoms with E-state index >= 15 is 0 Å². The summed E-state index contributed by atoms with van der Waals surface area (Å²) >= 11 is 0. The molecule has 0 saturated heterocycles. The molecule has 132 valence electrons. The first kappa shape index (κ1) is 16.1. The molecule has 25 heavy (non-hydrogen) atoms. The monoisotopic (exact) mass is 341 g/mol. The molecule has 3 aromatic heterocycles. The Morgan fingerprint density at radius 1 is 1.20 bits per heavy atom. The molecule has 0 spiro atoms. The second-order valence-corrected chi connectivity index (χ2v) is 7.16. The van der Waals surface area contributed by atoms with Gasteiger partial charge in [-0.25, -0.2) is 18.9 Å². The van der Waals surface area contributed by atoms with Crippen LogP contribution in [-0.4, -0.2) is 24.3 Å².